The Morgan fingerprint density at radius 3 is 2.78 bits per heavy atom. The second-order valence-corrected chi connectivity index (χ2v) is 3.08. The number of hydrogen-bond donors (Lipinski definition) is 1. The molecule has 3 nitrogen and oxygen atoms in total. The van der Waals surface area contributed by atoms with Gasteiger partial charge < -0.3 is 9.84 Å². The van der Waals surface area contributed by atoms with Crippen LogP contribution < -0.4 is 0 Å². The van der Waals surface area contributed by atoms with Gasteiger partial charge in [0.15, 0.2) is 0 Å². The quantitative estimate of drug-likeness (QED) is 0.608. The maximum Gasteiger partial charge on any atom is 0.363 e. The molecule has 0 rings (SSSR count). The van der Waals surface area contributed by atoms with Gasteiger partial charge in [0.1, 0.15) is 13.3 Å². The van der Waals surface area contributed by atoms with Crippen molar-refractivity contribution in [3.8, 4) is 0 Å². The monoisotopic (exact) mass is 155 g/mol. The lowest BCUT2D eigenvalue weighted by Crippen LogP contribution is -2.07. The first kappa shape index (κ1) is 8.95. The van der Waals surface area contributed by atoms with E-state index in [9.17, 15) is 8.96 Å². The fourth-order valence-electron chi connectivity index (χ4n) is 0.279. The number of rotatable bonds is 4. The zero-order chi connectivity index (χ0) is 7.28. The van der Waals surface area contributed by atoms with Gasteiger partial charge in [-0.2, -0.15) is 0 Å². The van der Waals surface area contributed by atoms with E-state index < -0.39 is 20.8 Å². The molecule has 0 aromatic carbocycles. The van der Waals surface area contributed by atoms with Crippen molar-refractivity contribution in [2.24, 2.45) is 0 Å². The van der Waals surface area contributed by atoms with Crippen molar-refractivity contribution in [1.82, 2.24) is 0 Å². The zero-order valence-corrected chi connectivity index (χ0v) is 5.97. The van der Waals surface area contributed by atoms with Gasteiger partial charge >= 0.3 is 7.80 Å². The summed E-state index contributed by atoms with van der Waals surface area (Å²) in [5.74, 6) is 0. The van der Waals surface area contributed by atoms with Crippen LogP contribution in [0, 0.1) is 0 Å². The van der Waals surface area contributed by atoms with Gasteiger partial charge in [-0.05, 0) is 0 Å². The average molecular weight is 155 g/mol. The second-order valence-electron chi connectivity index (χ2n) is 1.56. The molecule has 1 N–H and O–H groups in total. The van der Waals surface area contributed by atoms with Crippen LogP contribution in [0.1, 0.15) is 0 Å². The third-order valence-electron chi connectivity index (χ3n) is 0.528. The largest absolute Gasteiger partial charge is 0.363 e. The Balaban J connectivity index is 3.01. The van der Waals surface area contributed by atoms with Gasteiger partial charge in [-0.3, -0.25) is 0 Å². The van der Waals surface area contributed by atoms with Gasteiger partial charge in [0.25, 0.3) is 0 Å². The molecule has 0 aliphatic heterocycles. The molecule has 2 unspecified atom stereocenters. The zero-order valence-electron chi connectivity index (χ0n) is 5.08. The molecule has 9 heavy (non-hydrogen) atoms. The number of ether oxygens (including phenoxy) is 1. The lowest BCUT2D eigenvalue weighted by Gasteiger charge is -1.95. The number of hydrogen-bond acceptors (Lipinski definition) is 3. The highest BCUT2D eigenvalue weighted by Crippen LogP contribution is 2.12. The minimum atomic E-state index is -1.96. The Morgan fingerprint density at radius 2 is 2.44 bits per heavy atom. The summed E-state index contributed by atoms with van der Waals surface area (Å²) in [7, 11) is -1.38. The standard InChI is InChI=1S/C4H9FO3P/c1-9(7)3-8-2-4(5)6/h4,6H,2-3H2,1H3/q+1. The van der Waals surface area contributed by atoms with E-state index in [4.69, 9.17) is 5.11 Å². The SMILES string of the molecule is C[P+](=O)COCC(O)F. The highest BCUT2D eigenvalue weighted by molar-refractivity contribution is 7.43. The van der Waals surface area contributed by atoms with E-state index in [1.165, 1.54) is 6.66 Å². The van der Waals surface area contributed by atoms with Crippen LogP contribution >= 0.6 is 7.80 Å². The van der Waals surface area contributed by atoms with Gasteiger partial charge in [0, 0.05) is 0 Å². The van der Waals surface area contributed by atoms with E-state index in [1.807, 2.05) is 0 Å². The minimum Gasteiger partial charge on any atom is -0.362 e. The van der Waals surface area contributed by atoms with Crippen LogP contribution in [0.3, 0.4) is 0 Å². The summed E-state index contributed by atoms with van der Waals surface area (Å²) in [5.41, 5.74) is 0. The van der Waals surface area contributed by atoms with Crippen LogP contribution in [0.4, 0.5) is 4.39 Å². The molecule has 54 valence electrons. The van der Waals surface area contributed by atoms with Crippen molar-refractivity contribution >= 4 is 7.80 Å². The topological polar surface area (TPSA) is 46.5 Å². The summed E-state index contributed by atoms with van der Waals surface area (Å²) in [4.78, 5) is 0. The van der Waals surface area contributed by atoms with E-state index in [-0.39, 0.29) is 6.35 Å². The molecular weight excluding hydrogens is 146 g/mol. The molecule has 0 aliphatic carbocycles. The second kappa shape index (κ2) is 4.79. The molecule has 2 atom stereocenters. The van der Waals surface area contributed by atoms with Gasteiger partial charge in [-0.1, -0.05) is 4.57 Å². The molecule has 0 bridgehead atoms. The Kier molecular flexibility index (Phi) is 4.77. The minimum absolute atomic E-state index is 0.0102. The van der Waals surface area contributed by atoms with Crippen molar-refractivity contribution in [2.45, 2.75) is 6.36 Å². The van der Waals surface area contributed by atoms with Crippen molar-refractivity contribution in [3.05, 3.63) is 0 Å². The molecule has 0 aromatic heterocycles. The van der Waals surface area contributed by atoms with Gasteiger partial charge in [0.2, 0.25) is 12.7 Å². The lowest BCUT2D eigenvalue weighted by atomic mass is 10.7. The molecule has 0 amide bonds. The van der Waals surface area contributed by atoms with E-state index in [0.29, 0.717) is 0 Å². The maximum atomic E-state index is 11.5. The molecular formula is C4H9FO3P+. The molecule has 0 saturated carbocycles. The maximum absolute atomic E-state index is 11.5. The molecule has 0 fully saturated rings. The lowest BCUT2D eigenvalue weighted by molar-refractivity contribution is -0.0279. The highest BCUT2D eigenvalue weighted by Gasteiger charge is 2.06. The first-order valence-electron chi connectivity index (χ1n) is 2.41. The summed E-state index contributed by atoms with van der Waals surface area (Å²) in [6, 6.07) is 0. The summed E-state index contributed by atoms with van der Waals surface area (Å²) in [5, 5.41) is 7.98. The first-order chi connectivity index (χ1) is 4.13. The van der Waals surface area contributed by atoms with Crippen molar-refractivity contribution in [2.75, 3.05) is 19.6 Å². The van der Waals surface area contributed by atoms with Gasteiger partial charge in [-0.15, -0.1) is 0 Å². The predicted octanol–water partition coefficient (Wildman–Crippen LogP) is 0.706. The van der Waals surface area contributed by atoms with Crippen LogP contribution in [0.15, 0.2) is 0 Å². The van der Waals surface area contributed by atoms with E-state index in [2.05, 4.69) is 4.74 Å². The van der Waals surface area contributed by atoms with Crippen LogP contribution in [0.5, 0.6) is 0 Å². The average Bonchev–Trinajstić information content (AvgIpc) is 1.63. The fourth-order valence-corrected chi connectivity index (χ4v) is 0.641. The Labute approximate surface area is 53.6 Å². The molecule has 0 aromatic rings. The summed E-state index contributed by atoms with van der Waals surface area (Å²) in [6.45, 7) is 1.08. The van der Waals surface area contributed by atoms with E-state index >= 15 is 0 Å². The van der Waals surface area contributed by atoms with Gasteiger partial charge in [-0.25, -0.2) is 4.39 Å². The normalized spacial score (nSPS) is 15.2. The molecule has 0 saturated heterocycles. The Hall–Kier alpha value is -0.0500. The third-order valence-corrected chi connectivity index (χ3v) is 1.07. The molecule has 0 spiro atoms. The number of halogens is 1. The fraction of sp³-hybridized carbons (Fsp3) is 1.00. The van der Waals surface area contributed by atoms with Crippen LogP contribution in [0.25, 0.3) is 0 Å². The molecule has 0 radical (unpaired) electrons. The Morgan fingerprint density at radius 1 is 1.89 bits per heavy atom. The van der Waals surface area contributed by atoms with Crippen molar-refractivity contribution in [1.29, 1.82) is 0 Å². The highest BCUT2D eigenvalue weighted by atomic mass is 31.1. The summed E-state index contributed by atoms with van der Waals surface area (Å²) >= 11 is 0. The third kappa shape index (κ3) is 7.95. The van der Waals surface area contributed by atoms with Crippen LogP contribution in [-0.2, 0) is 9.30 Å². The number of aliphatic hydroxyl groups excluding tert-OH is 1. The number of alkyl halides is 1. The van der Waals surface area contributed by atoms with E-state index in [0.717, 1.165) is 0 Å². The van der Waals surface area contributed by atoms with Gasteiger partial charge in [0.05, 0.1) is 0 Å². The molecule has 5 heteroatoms. The number of aliphatic hydroxyl groups is 1. The van der Waals surface area contributed by atoms with Crippen LogP contribution in [0.2, 0.25) is 0 Å². The van der Waals surface area contributed by atoms with Crippen molar-refractivity contribution in [3.63, 3.8) is 0 Å². The molecule has 0 heterocycles. The summed E-state index contributed by atoms with van der Waals surface area (Å²) in [6.07, 6.45) is -1.95. The Bertz CT molecular complexity index is 95.8. The predicted molar refractivity (Wildman–Crippen MR) is 31.5 cm³/mol. The first-order valence-corrected chi connectivity index (χ1v) is 4.30. The van der Waals surface area contributed by atoms with Crippen LogP contribution in [-0.4, -0.2) is 31.1 Å². The van der Waals surface area contributed by atoms with E-state index in [1.54, 1.807) is 0 Å². The summed E-state index contributed by atoms with van der Waals surface area (Å²) < 4.78 is 26.2. The molecule has 0 aliphatic rings. The van der Waals surface area contributed by atoms with Crippen molar-refractivity contribution < 1.29 is 18.8 Å². The smallest absolute Gasteiger partial charge is 0.362 e.